The van der Waals surface area contributed by atoms with Crippen LogP contribution in [0.15, 0.2) is 47.6 Å². The molecule has 5 nitrogen and oxygen atoms in total. The fourth-order valence-corrected chi connectivity index (χ4v) is 1.99. The third kappa shape index (κ3) is 3.66. The number of hydrogen-bond donors (Lipinski definition) is 3. The van der Waals surface area contributed by atoms with Gasteiger partial charge in [0.15, 0.2) is 5.84 Å². The minimum atomic E-state index is 0.0323. The second-order valence-corrected chi connectivity index (χ2v) is 4.74. The van der Waals surface area contributed by atoms with Gasteiger partial charge < -0.3 is 21.0 Å². The van der Waals surface area contributed by atoms with E-state index in [1.165, 1.54) is 5.56 Å². The number of oxime groups is 1. The Bertz CT molecular complexity index is 636. The van der Waals surface area contributed by atoms with Gasteiger partial charge in [-0.05, 0) is 36.8 Å². The van der Waals surface area contributed by atoms with E-state index in [0.29, 0.717) is 17.9 Å². The zero-order valence-electron chi connectivity index (χ0n) is 12.1. The number of hydrogen-bond acceptors (Lipinski definition) is 4. The first-order valence-electron chi connectivity index (χ1n) is 6.59. The lowest BCUT2D eigenvalue weighted by molar-refractivity contribution is 0.318. The number of rotatable bonds is 5. The molecule has 4 N–H and O–H groups in total. The summed E-state index contributed by atoms with van der Waals surface area (Å²) in [6, 6.07) is 13.8. The molecule has 0 saturated carbocycles. The lowest BCUT2D eigenvalue weighted by atomic mass is 10.1. The average molecular weight is 285 g/mol. The predicted octanol–water partition coefficient (Wildman–Crippen LogP) is 2.71. The number of benzene rings is 2. The van der Waals surface area contributed by atoms with E-state index in [2.05, 4.69) is 29.5 Å². The van der Waals surface area contributed by atoms with Crippen LogP contribution in [0, 0.1) is 6.92 Å². The van der Waals surface area contributed by atoms with Crippen LogP contribution in [0.5, 0.6) is 5.75 Å². The predicted molar refractivity (Wildman–Crippen MR) is 84.0 cm³/mol. The van der Waals surface area contributed by atoms with Gasteiger partial charge in [0.2, 0.25) is 0 Å². The summed E-state index contributed by atoms with van der Waals surface area (Å²) in [5, 5.41) is 15.1. The molecule has 0 bridgehead atoms. The van der Waals surface area contributed by atoms with Crippen LogP contribution in [-0.2, 0) is 6.54 Å². The fourth-order valence-electron chi connectivity index (χ4n) is 1.99. The quantitative estimate of drug-likeness (QED) is 0.341. The second-order valence-electron chi connectivity index (χ2n) is 4.74. The molecule has 0 aliphatic carbocycles. The molecule has 0 spiro atoms. The summed E-state index contributed by atoms with van der Waals surface area (Å²) in [6.45, 7) is 2.72. The van der Waals surface area contributed by atoms with Gasteiger partial charge in [0, 0.05) is 12.2 Å². The van der Waals surface area contributed by atoms with E-state index in [1.54, 1.807) is 13.2 Å². The van der Waals surface area contributed by atoms with Crippen molar-refractivity contribution in [2.75, 3.05) is 12.4 Å². The van der Waals surface area contributed by atoms with Crippen LogP contribution in [0.4, 0.5) is 5.69 Å². The van der Waals surface area contributed by atoms with Crippen molar-refractivity contribution in [1.82, 2.24) is 0 Å². The summed E-state index contributed by atoms with van der Waals surface area (Å²) in [4.78, 5) is 0. The molecule has 2 rings (SSSR count). The van der Waals surface area contributed by atoms with Gasteiger partial charge >= 0.3 is 0 Å². The summed E-state index contributed by atoms with van der Waals surface area (Å²) < 4.78 is 5.28. The molecule has 0 saturated heterocycles. The van der Waals surface area contributed by atoms with Crippen LogP contribution in [0.3, 0.4) is 0 Å². The van der Waals surface area contributed by atoms with E-state index in [4.69, 9.17) is 15.7 Å². The zero-order chi connectivity index (χ0) is 15.2. The van der Waals surface area contributed by atoms with Crippen LogP contribution in [0.25, 0.3) is 0 Å². The Morgan fingerprint density at radius 3 is 2.57 bits per heavy atom. The van der Waals surface area contributed by atoms with Crippen molar-refractivity contribution in [2.24, 2.45) is 10.9 Å². The normalized spacial score (nSPS) is 11.2. The summed E-state index contributed by atoms with van der Waals surface area (Å²) >= 11 is 0. The van der Waals surface area contributed by atoms with E-state index < -0.39 is 0 Å². The van der Waals surface area contributed by atoms with Gasteiger partial charge in [0.05, 0.1) is 12.7 Å². The summed E-state index contributed by atoms with van der Waals surface area (Å²) in [6.07, 6.45) is 0. The Hall–Kier alpha value is -2.69. The molecule has 0 unspecified atom stereocenters. The van der Waals surface area contributed by atoms with E-state index in [-0.39, 0.29) is 5.84 Å². The lowest BCUT2D eigenvalue weighted by Gasteiger charge is -2.11. The number of ether oxygens (including phenoxy) is 1. The van der Waals surface area contributed by atoms with E-state index in [9.17, 15) is 0 Å². The average Bonchev–Trinajstić information content (AvgIpc) is 2.53. The van der Waals surface area contributed by atoms with Crippen molar-refractivity contribution in [1.29, 1.82) is 0 Å². The maximum absolute atomic E-state index is 8.75. The van der Waals surface area contributed by atoms with Gasteiger partial charge in [-0.3, -0.25) is 0 Å². The number of nitrogens with zero attached hydrogens (tertiary/aromatic N) is 1. The summed E-state index contributed by atoms with van der Waals surface area (Å²) in [5.74, 6) is 0.610. The molecule has 0 fully saturated rings. The monoisotopic (exact) mass is 285 g/mol. The van der Waals surface area contributed by atoms with Crippen LogP contribution in [-0.4, -0.2) is 18.2 Å². The van der Waals surface area contributed by atoms with Crippen molar-refractivity contribution in [3.8, 4) is 5.75 Å². The minimum absolute atomic E-state index is 0.0323. The maximum atomic E-state index is 8.75. The Kier molecular flexibility index (Phi) is 4.66. The van der Waals surface area contributed by atoms with Crippen LogP contribution >= 0.6 is 0 Å². The molecule has 2 aromatic rings. The first kappa shape index (κ1) is 14.7. The largest absolute Gasteiger partial charge is 0.496 e. The lowest BCUT2D eigenvalue weighted by Crippen LogP contribution is -2.14. The number of nitrogens with two attached hydrogens (primary N) is 1. The maximum Gasteiger partial charge on any atom is 0.173 e. The van der Waals surface area contributed by atoms with Crippen LogP contribution < -0.4 is 15.8 Å². The highest BCUT2D eigenvalue weighted by atomic mass is 16.5. The number of aryl methyl sites for hydroxylation is 1. The van der Waals surface area contributed by atoms with Crippen molar-refractivity contribution in [3.63, 3.8) is 0 Å². The molecule has 2 aromatic carbocycles. The van der Waals surface area contributed by atoms with Crippen LogP contribution in [0.2, 0.25) is 0 Å². The summed E-state index contributed by atoms with van der Waals surface area (Å²) in [5.41, 5.74) is 9.50. The fraction of sp³-hybridized carbons (Fsp3) is 0.188. The molecule has 0 amide bonds. The van der Waals surface area contributed by atoms with Gasteiger partial charge in [0.1, 0.15) is 5.75 Å². The van der Waals surface area contributed by atoms with Gasteiger partial charge in [-0.1, -0.05) is 28.9 Å². The van der Waals surface area contributed by atoms with Crippen molar-refractivity contribution in [3.05, 3.63) is 59.2 Å². The molecule has 110 valence electrons. The highest BCUT2D eigenvalue weighted by molar-refractivity contribution is 5.99. The number of nitrogens with one attached hydrogen (secondary N) is 1. The molecular formula is C16H19N3O2. The van der Waals surface area contributed by atoms with Gasteiger partial charge in [0.25, 0.3) is 0 Å². The zero-order valence-corrected chi connectivity index (χ0v) is 12.1. The third-order valence-electron chi connectivity index (χ3n) is 3.20. The van der Waals surface area contributed by atoms with Crippen molar-refractivity contribution >= 4 is 11.5 Å². The Morgan fingerprint density at radius 2 is 1.95 bits per heavy atom. The Labute approximate surface area is 124 Å². The standard InChI is InChI=1S/C16H19N3O2/c1-11-3-6-13(7-4-11)18-10-12-5-8-14(16(17)19-20)15(9-12)21-2/h3-9,18,20H,10H2,1-2H3,(H2,17,19). The molecule has 0 aliphatic rings. The molecule has 0 aromatic heterocycles. The minimum Gasteiger partial charge on any atom is -0.496 e. The Morgan fingerprint density at radius 1 is 1.24 bits per heavy atom. The number of methoxy groups -OCH3 is 1. The van der Waals surface area contributed by atoms with E-state index in [1.807, 2.05) is 24.3 Å². The molecule has 21 heavy (non-hydrogen) atoms. The van der Waals surface area contributed by atoms with Gasteiger partial charge in [-0.2, -0.15) is 0 Å². The van der Waals surface area contributed by atoms with Gasteiger partial charge in [-0.25, -0.2) is 0 Å². The molecule has 0 atom stereocenters. The number of anilines is 1. The first-order chi connectivity index (χ1) is 10.1. The SMILES string of the molecule is COc1cc(CNc2ccc(C)cc2)ccc1/C(N)=N/O. The van der Waals surface area contributed by atoms with Crippen molar-refractivity contribution < 1.29 is 9.94 Å². The molecule has 0 aliphatic heterocycles. The summed E-state index contributed by atoms with van der Waals surface area (Å²) in [7, 11) is 1.56. The van der Waals surface area contributed by atoms with Crippen molar-refractivity contribution in [2.45, 2.75) is 13.5 Å². The number of amidine groups is 1. The molecule has 0 radical (unpaired) electrons. The smallest absolute Gasteiger partial charge is 0.173 e. The van der Waals surface area contributed by atoms with E-state index >= 15 is 0 Å². The second kappa shape index (κ2) is 6.65. The highest BCUT2D eigenvalue weighted by Crippen LogP contribution is 2.21. The first-order valence-corrected chi connectivity index (χ1v) is 6.59. The molecular weight excluding hydrogens is 266 g/mol. The highest BCUT2D eigenvalue weighted by Gasteiger charge is 2.08. The molecule has 5 heteroatoms. The van der Waals surface area contributed by atoms with E-state index in [0.717, 1.165) is 11.3 Å². The third-order valence-corrected chi connectivity index (χ3v) is 3.20. The Balaban J connectivity index is 2.12. The van der Waals surface area contributed by atoms with Gasteiger partial charge in [-0.15, -0.1) is 0 Å². The van der Waals surface area contributed by atoms with Crippen LogP contribution in [0.1, 0.15) is 16.7 Å². The molecule has 0 heterocycles. The topological polar surface area (TPSA) is 79.9 Å².